The Morgan fingerprint density at radius 3 is 2.26 bits per heavy atom. The van der Waals surface area contributed by atoms with Gasteiger partial charge in [0, 0.05) is 24.8 Å². The summed E-state index contributed by atoms with van der Waals surface area (Å²) in [6.07, 6.45) is 7.47. The van der Waals surface area contributed by atoms with Crippen LogP contribution in [-0.2, 0) is 0 Å². The molecule has 0 bridgehead atoms. The second kappa shape index (κ2) is 8.57. The van der Waals surface area contributed by atoms with E-state index in [1.165, 1.54) is 32.1 Å². The first-order chi connectivity index (χ1) is 9.15. The lowest BCUT2D eigenvalue weighted by Crippen LogP contribution is -2.27. The Morgan fingerprint density at radius 1 is 1.05 bits per heavy atom. The summed E-state index contributed by atoms with van der Waals surface area (Å²) < 4.78 is 0. The van der Waals surface area contributed by atoms with Gasteiger partial charge in [-0.15, -0.1) is 0 Å². The maximum atomic E-state index is 12.1. The fraction of sp³-hybridized carbons (Fsp3) is 0.562. The van der Waals surface area contributed by atoms with Crippen molar-refractivity contribution in [2.75, 3.05) is 19.3 Å². The highest BCUT2D eigenvalue weighted by Gasteiger charge is 2.10. The first-order valence-electron chi connectivity index (χ1n) is 7.26. The van der Waals surface area contributed by atoms with E-state index in [-0.39, 0.29) is 5.91 Å². The minimum atomic E-state index is 0.0774. The third-order valence-corrected chi connectivity index (χ3v) is 3.35. The lowest BCUT2D eigenvalue weighted by Gasteiger charge is -2.17. The molecule has 0 radical (unpaired) electrons. The van der Waals surface area contributed by atoms with Crippen LogP contribution in [0, 0.1) is 0 Å². The molecule has 106 valence electrons. The number of unbranched alkanes of at least 4 members (excludes halogenated alkanes) is 5. The highest BCUT2D eigenvalue weighted by Crippen LogP contribution is 2.10. The first kappa shape index (κ1) is 15.5. The highest BCUT2D eigenvalue weighted by molar-refractivity contribution is 5.94. The van der Waals surface area contributed by atoms with Gasteiger partial charge in [0.1, 0.15) is 0 Å². The number of hydrogen-bond acceptors (Lipinski definition) is 2. The largest absolute Gasteiger partial charge is 0.399 e. The lowest BCUT2D eigenvalue weighted by atomic mass is 10.1. The van der Waals surface area contributed by atoms with Gasteiger partial charge in [0.2, 0.25) is 0 Å². The van der Waals surface area contributed by atoms with Crippen LogP contribution in [0.25, 0.3) is 0 Å². The van der Waals surface area contributed by atoms with Gasteiger partial charge in [0.15, 0.2) is 0 Å². The summed E-state index contributed by atoms with van der Waals surface area (Å²) >= 11 is 0. The van der Waals surface area contributed by atoms with Gasteiger partial charge >= 0.3 is 0 Å². The number of benzene rings is 1. The van der Waals surface area contributed by atoms with Crippen molar-refractivity contribution in [2.24, 2.45) is 0 Å². The molecule has 0 aliphatic carbocycles. The van der Waals surface area contributed by atoms with Crippen molar-refractivity contribution in [3.05, 3.63) is 29.8 Å². The van der Waals surface area contributed by atoms with Crippen LogP contribution in [0.3, 0.4) is 0 Å². The average Bonchev–Trinajstić information content (AvgIpc) is 2.42. The molecule has 1 rings (SSSR count). The van der Waals surface area contributed by atoms with Crippen molar-refractivity contribution < 1.29 is 4.79 Å². The molecule has 1 amide bonds. The van der Waals surface area contributed by atoms with Gasteiger partial charge in [0.05, 0.1) is 0 Å². The second-order valence-corrected chi connectivity index (χ2v) is 5.12. The number of rotatable bonds is 8. The zero-order valence-corrected chi connectivity index (χ0v) is 12.2. The van der Waals surface area contributed by atoms with E-state index >= 15 is 0 Å². The zero-order chi connectivity index (χ0) is 14.1. The van der Waals surface area contributed by atoms with E-state index in [4.69, 9.17) is 5.73 Å². The molecule has 1 aromatic rings. The highest BCUT2D eigenvalue weighted by atomic mass is 16.2. The van der Waals surface area contributed by atoms with Crippen molar-refractivity contribution in [3.8, 4) is 0 Å². The van der Waals surface area contributed by atoms with Gasteiger partial charge < -0.3 is 10.6 Å². The molecule has 0 aromatic heterocycles. The molecule has 0 spiro atoms. The predicted octanol–water partition coefficient (Wildman–Crippen LogP) is 3.70. The van der Waals surface area contributed by atoms with Gasteiger partial charge in [-0.2, -0.15) is 0 Å². The van der Waals surface area contributed by atoms with Crippen LogP contribution in [0.4, 0.5) is 5.69 Å². The molecule has 0 aliphatic heterocycles. The standard InChI is InChI=1S/C16H26N2O/c1-3-4-5-6-7-8-13-18(2)16(19)14-9-11-15(17)12-10-14/h9-12H,3-8,13,17H2,1-2H3. The minimum Gasteiger partial charge on any atom is -0.399 e. The Labute approximate surface area is 116 Å². The summed E-state index contributed by atoms with van der Waals surface area (Å²) in [5, 5.41) is 0. The van der Waals surface area contributed by atoms with Gasteiger partial charge in [-0.25, -0.2) is 0 Å². The molecule has 0 aliphatic rings. The van der Waals surface area contributed by atoms with Crippen LogP contribution in [0.2, 0.25) is 0 Å². The third-order valence-electron chi connectivity index (χ3n) is 3.35. The molecule has 0 saturated heterocycles. The maximum absolute atomic E-state index is 12.1. The normalized spacial score (nSPS) is 10.4. The Kier molecular flexibility index (Phi) is 7.01. The molecule has 0 saturated carbocycles. The maximum Gasteiger partial charge on any atom is 0.253 e. The van der Waals surface area contributed by atoms with E-state index in [0.717, 1.165) is 13.0 Å². The number of hydrogen-bond donors (Lipinski definition) is 1. The van der Waals surface area contributed by atoms with Gasteiger partial charge in [0.25, 0.3) is 5.91 Å². The summed E-state index contributed by atoms with van der Waals surface area (Å²) in [7, 11) is 1.87. The van der Waals surface area contributed by atoms with Gasteiger partial charge in [-0.05, 0) is 30.7 Å². The van der Waals surface area contributed by atoms with Crippen molar-refractivity contribution in [2.45, 2.75) is 45.4 Å². The molecule has 19 heavy (non-hydrogen) atoms. The zero-order valence-electron chi connectivity index (χ0n) is 12.2. The molecule has 0 unspecified atom stereocenters. The molecule has 0 fully saturated rings. The van der Waals surface area contributed by atoms with Crippen LogP contribution in [0.1, 0.15) is 55.8 Å². The number of nitrogens with two attached hydrogens (primary N) is 1. The Bertz CT molecular complexity index is 373. The van der Waals surface area contributed by atoms with E-state index < -0.39 is 0 Å². The number of nitrogens with zero attached hydrogens (tertiary/aromatic N) is 1. The van der Waals surface area contributed by atoms with E-state index in [9.17, 15) is 4.79 Å². The predicted molar refractivity (Wildman–Crippen MR) is 81.2 cm³/mol. The van der Waals surface area contributed by atoms with E-state index in [2.05, 4.69) is 6.92 Å². The molecule has 2 N–H and O–H groups in total. The average molecular weight is 262 g/mol. The number of anilines is 1. The second-order valence-electron chi connectivity index (χ2n) is 5.12. The molecule has 3 heteroatoms. The molecule has 1 aromatic carbocycles. The van der Waals surface area contributed by atoms with Gasteiger partial charge in [-0.1, -0.05) is 39.0 Å². The van der Waals surface area contributed by atoms with Gasteiger partial charge in [-0.3, -0.25) is 4.79 Å². The fourth-order valence-electron chi connectivity index (χ4n) is 2.08. The van der Waals surface area contributed by atoms with Crippen LogP contribution < -0.4 is 5.73 Å². The van der Waals surface area contributed by atoms with Crippen LogP contribution in [0.5, 0.6) is 0 Å². The molecular formula is C16H26N2O. The van der Waals surface area contributed by atoms with E-state index in [0.29, 0.717) is 11.3 Å². The number of amides is 1. The van der Waals surface area contributed by atoms with Crippen molar-refractivity contribution in [1.82, 2.24) is 4.90 Å². The topological polar surface area (TPSA) is 46.3 Å². The summed E-state index contributed by atoms with van der Waals surface area (Å²) in [5.41, 5.74) is 7.02. The Balaban J connectivity index is 2.27. The quantitative estimate of drug-likeness (QED) is 0.573. The summed E-state index contributed by atoms with van der Waals surface area (Å²) in [6, 6.07) is 7.11. The lowest BCUT2D eigenvalue weighted by molar-refractivity contribution is 0.0792. The molecule has 0 heterocycles. The fourth-order valence-corrected chi connectivity index (χ4v) is 2.08. The van der Waals surface area contributed by atoms with Crippen molar-refractivity contribution >= 4 is 11.6 Å². The molecule has 0 atom stereocenters. The molecule has 3 nitrogen and oxygen atoms in total. The number of nitrogen functional groups attached to an aromatic ring is 1. The van der Waals surface area contributed by atoms with E-state index in [1.54, 1.807) is 29.2 Å². The monoisotopic (exact) mass is 262 g/mol. The third kappa shape index (κ3) is 5.77. The summed E-state index contributed by atoms with van der Waals surface area (Å²) in [5.74, 6) is 0.0774. The smallest absolute Gasteiger partial charge is 0.253 e. The van der Waals surface area contributed by atoms with E-state index in [1.807, 2.05) is 7.05 Å². The van der Waals surface area contributed by atoms with Crippen LogP contribution in [0.15, 0.2) is 24.3 Å². The van der Waals surface area contributed by atoms with Crippen LogP contribution >= 0.6 is 0 Å². The Morgan fingerprint density at radius 2 is 1.63 bits per heavy atom. The molecular weight excluding hydrogens is 236 g/mol. The Hall–Kier alpha value is -1.51. The summed E-state index contributed by atoms with van der Waals surface area (Å²) in [6.45, 7) is 3.05. The van der Waals surface area contributed by atoms with Crippen LogP contribution in [-0.4, -0.2) is 24.4 Å². The summed E-state index contributed by atoms with van der Waals surface area (Å²) in [4.78, 5) is 13.9. The van der Waals surface area contributed by atoms with Crippen molar-refractivity contribution in [3.63, 3.8) is 0 Å². The minimum absolute atomic E-state index is 0.0774. The number of carbonyl (C=O) groups excluding carboxylic acids is 1. The SMILES string of the molecule is CCCCCCCCN(C)C(=O)c1ccc(N)cc1. The van der Waals surface area contributed by atoms with Crippen molar-refractivity contribution in [1.29, 1.82) is 0 Å². The number of carbonyl (C=O) groups is 1. The first-order valence-corrected chi connectivity index (χ1v) is 7.26.